The number of nitrogens with zero attached hydrogens (tertiary/aromatic N) is 2. The topological polar surface area (TPSA) is 6.48 Å². The molecule has 0 unspecified atom stereocenters. The van der Waals surface area contributed by atoms with Crippen LogP contribution in [0, 0.1) is 0 Å². The Labute approximate surface area is 374 Å². The number of para-hydroxylation sites is 1. The van der Waals surface area contributed by atoms with Gasteiger partial charge in [0, 0.05) is 45.2 Å². The molecule has 63 heavy (non-hydrogen) atoms. The number of benzene rings is 8. The maximum atomic E-state index is 2.44. The highest BCUT2D eigenvalue weighted by atomic mass is 15.2. The standard InChI is InChI=1S/C61H56N2/c1-58(2,3)44-24-28-46(29-25-44)63(47-30-31-50-49-14-10-11-15-51(49)60(6,7)54(50)38-47)45-26-22-39(23-27-45)40-18-19-42-37-43(21-20-41(42)36-40)48-32-33-53-57-56(48)59(4,5)34-35-62(57)55-17-13-12-16-52(55)61(53,8)9/h10-38H,1-9H3. The van der Waals surface area contributed by atoms with Crippen LogP contribution in [0.15, 0.2) is 176 Å². The molecule has 0 fully saturated rings. The molecule has 3 aliphatic rings. The highest BCUT2D eigenvalue weighted by molar-refractivity contribution is 5.95. The van der Waals surface area contributed by atoms with Crippen LogP contribution in [0.2, 0.25) is 0 Å². The number of allylic oxidation sites excluding steroid dienone is 1. The Morgan fingerprint density at radius 1 is 0.444 bits per heavy atom. The van der Waals surface area contributed by atoms with Crippen molar-refractivity contribution in [2.24, 2.45) is 0 Å². The maximum Gasteiger partial charge on any atom is 0.0543 e. The second kappa shape index (κ2) is 13.7. The van der Waals surface area contributed by atoms with Crippen molar-refractivity contribution in [1.29, 1.82) is 0 Å². The third-order valence-electron chi connectivity index (χ3n) is 14.6. The summed E-state index contributed by atoms with van der Waals surface area (Å²) in [5.74, 6) is 0. The monoisotopic (exact) mass is 816 g/mol. The van der Waals surface area contributed by atoms with Crippen LogP contribution in [-0.4, -0.2) is 0 Å². The Kier molecular flexibility index (Phi) is 8.52. The van der Waals surface area contributed by atoms with E-state index in [9.17, 15) is 0 Å². The Morgan fingerprint density at radius 2 is 1.00 bits per heavy atom. The zero-order chi connectivity index (χ0) is 43.6. The largest absolute Gasteiger partial charge is 0.317 e. The minimum atomic E-state index is -0.126. The highest BCUT2D eigenvalue weighted by Gasteiger charge is 2.42. The molecule has 2 nitrogen and oxygen atoms in total. The molecule has 8 aromatic carbocycles. The lowest BCUT2D eigenvalue weighted by molar-refractivity contribution is 0.590. The fourth-order valence-corrected chi connectivity index (χ4v) is 11.0. The fourth-order valence-electron chi connectivity index (χ4n) is 11.0. The summed E-state index contributed by atoms with van der Waals surface area (Å²) in [5.41, 5.74) is 21.8. The van der Waals surface area contributed by atoms with Crippen molar-refractivity contribution >= 4 is 39.2 Å². The van der Waals surface area contributed by atoms with Gasteiger partial charge in [-0.25, -0.2) is 0 Å². The lowest BCUT2D eigenvalue weighted by Gasteiger charge is -2.46. The van der Waals surface area contributed by atoms with Crippen molar-refractivity contribution in [1.82, 2.24) is 0 Å². The molecular formula is C61H56N2. The van der Waals surface area contributed by atoms with E-state index in [0.29, 0.717) is 0 Å². The van der Waals surface area contributed by atoms with Gasteiger partial charge in [-0.3, -0.25) is 0 Å². The average molecular weight is 817 g/mol. The van der Waals surface area contributed by atoms with Gasteiger partial charge in [0.1, 0.15) is 0 Å². The number of hydrogen-bond donors (Lipinski definition) is 0. The molecule has 0 radical (unpaired) electrons. The van der Waals surface area contributed by atoms with Crippen molar-refractivity contribution in [3.05, 3.63) is 209 Å². The highest BCUT2D eigenvalue weighted by Crippen LogP contribution is 2.57. The molecule has 0 aromatic heterocycles. The summed E-state index contributed by atoms with van der Waals surface area (Å²) >= 11 is 0. The van der Waals surface area contributed by atoms with Gasteiger partial charge >= 0.3 is 0 Å². The normalized spacial score (nSPS) is 16.0. The maximum absolute atomic E-state index is 2.44. The molecule has 0 atom stereocenters. The van der Waals surface area contributed by atoms with Crippen LogP contribution in [0.5, 0.6) is 0 Å². The molecular weight excluding hydrogens is 761 g/mol. The molecule has 11 rings (SSSR count). The van der Waals surface area contributed by atoms with Crippen LogP contribution in [-0.2, 0) is 21.7 Å². The quantitative estimate of drug-likeness (QED) is 0.171. The van der Waals surface area contributed by atoms with Crippen LogP contribution in [0.25, 0.3) is 44.2 Å². The zero-order valence-electron chi connectivity index (χ0n) is 38.1. The molecule has 0 amide bonds. The van der Waals surface area contributed by atoms with Crippen molar-refractivity contribution < 1.29 is 0 Å². The first-order valence-electron chi connectivity index (χ1n) is 22.7. The molecule has 0 saturated heterocycles. The third kappa shape index (κ3) is 6.05. The van der Waals surface area contributed by atoms with E-state index in [1.807, 2.05) is 0 Å². The van der Waals surface area contributed by atoms with E-state index in [2.05, 4.69) is 248 Å². The Morgan fingerprint density at radius 3 is 1.71 bits per heavy atom. The average Bonchev–Trinajstić information content (AvgIpc) is 3.51. The van der Waals surface area contributed by atoms with Gasteiger partial charge in [-0.15, -0.1) is 0 Å². The Bertz CT molecular complexity index is 3170. The first-order valence-corrected chi connectivity index (χ1v) is 22.7. The summed E-state index contributed by atoms with van der Waals surface area (Å²) < 4.78 is 0. The molecule has 0 saturated carbocycles. The Balaban J connectivity index is 0.946. The smallest absolute Gasteiger partial charge is 0.0543 e. The summed E-state index contributed by atoms with van der Waals surface area (Å²) in [6.07, 6.45) is 4.68. The number of anilines is 5. The molecule has 2 aliphatic heterocycles. The van der Waals surface area contributed by atoms with Gasteiger partial charge in [-0.05, 0) is 138 Å². The first-order chi connectivity index (χ1) is 30.1. The van der Waals surface area contributed by atoms with Crippen LogP contribution >= 0.6 is 0 Å². The summed E-state index contributed by atoms with van der Waals surface area (Å²) in [6.45, 7) is 21.0. The lowest BCUT2D eigenvalue weighted by Crippen LogP contribution is -2.35. The Hall–Kier alpha value is -6.64. The van der Waals surface area contributed by atoms with Gasteiger partial charge in [0.2, 0.25) is 0 Å². The van der Waals surface area contributed by atoms with Gasteiger partial charge in [0.15, 0.2) is 0 Å². The van der Waals surface area contributed by atoms with Crippen molar-refractivity contribution in [2.45, 2.75) is 84.0 Å². The molecule has 8 aromatic rings. The summed E-state index contributed by atoms with van der Waals surface area (Å²) in [7, 11) is 0. The third-order valence-corrected chi connectivity index (χ3v) is 14.6. The van der Waals surface area contributed by atoms with Gasteiger partial charge in [-0.2, -0.15) is 0 Å². The molecule has 2 heterocycles. The summed E-state index contributed by atoms with van der Waals surface area (Å²) in [4.78, 5) is 4.85. The predicted molar refractivity (Wildman–Crippen MR) is 269 cm³/mol. The van der Waals surface area contributed by atoms with E-state index >= 15 is 0 Å². The minimum absolute atomic E-state index is 0.0776. The van der Waals surface area contributed by atoms with Crippen molar-refractivity contribution in [3.63, 3.8) is 0 Å². The van der Waals surface area contributed by atoms with E-state index < -0.39 is 0 Å². The second-order valence-electron chi connectivity index (χ2n) is 20.8. The van der Waals surface area contributed by atoms with E-state index in [1.165, 1.54) is 94.6 Å². The lowest BCUT2D eigenvalue weighted by atomic mass is 9.68. The number of rotatable bonds is 5. The van der Waals surface area contributed by atoms with Crippen LogP contribution in [0.4, 0.5) is 28.4 Å². The van der Waals surface area contributed by atoms with Crippen molar-refractivity contribution in [2.75, 3.05) is 9.80 Å². The van der Waals surface area contributed by atoms with E-state index in [0.717, 1.165) is 11.4 Å². The van der Waals surface area contributed by atoms with Crippen molar-refractivity contribution in [3.8, 4) is 33.4 Å². The van der Waals surface area contributed by atoms with E-state index in [1.54, 1.807) is 0 Å². The van der Waals surface area contributed by atoms with Gasteiger partial charge < -0.3 is 9.80 Å². The zero-order valence-corrected chi connectivity index (χ0v) is 38.1. The predicted octanol–water partition coefficient (Wildman–Crippen LogP) is 16.8. The van der Waals surface area contributed by atoms with Gasteiger partial charge in [0.05, 0.1) is 5.69 Å². The molecule has 310 valence electrons. The molecule has 0 spiro atoms. The number of fused-ring (bicyclic) bond motifs is 6. The van der Waals surface area contributed by atoms with Gasteiger partial charge in [0.25, 0.3) is 0 Å². The van der Waals surface area contributed by atoms with Gasteiger partial charge in [-0.1, -0.05) is 178 Å². The van der Waals surface area contributed by atoms with Crippen LogP contribution in [0.3, 0.4) is 0 Å². The van der Waals surface area contributed by atoms with Crippen LogP contribution < -0.4 is 9.80 Å². The minimum Gasteiger partial charge on any atom is -0.317 e. The SMILES string of the molecule is CC(C)(C)c1ccc(N(c2ccc(-c3ccc4cc(-c5ccc6c7c5C(C)(C)C=CN7c5ccccc5C6(C)C)ccc4c3)cc2)c2ccc3c(c2)C(C)(C)c2ccccc2-3)cc1. The molecule has 0 bridgehead atoms. The molecule has 2 heteroatoms. The van der Waals surface area contributed by atoms with E-state index in [4.69, 9.17) is 0 Å². The number of hydrogen-bond acceptors (Lipinski definition) is 2. The fraction of sp³-hybridized carbons (Fsp3) is 0.213. The summed E-state index contributed by atoms with van der Waals surface area (Å²) in [6, 6.07) is 61.9. The molecule has 1 aliphatic carbocycles. The summed E-state index contributed by atoms with van der Waals surface area (Å²) in [5, 5.41) is 2.49. The second-order valence-corrected chi connectivity index (χ2v) is 20.8. The molecule has 0 N–H and O–H groups in total. The van der Waals surface area contributed by atoms with Crippen LogP contribution in [0.1, 0.15) is 95.7 Å². The van der Waals surface area contributed by atoms with E-state index in [-0.39, 0.29) is 21.7 Å². The first kappa shape index (κ1) is 39.2.